The summed E-state index contributed by atoms with van der Waals surface area (Å²) in [7, 11) is -3.74. The lowest BCUT2D eigenvalue weighted by atomic mass is 10.2. The molecule has 0 fully saturated rings. The molecular formula is C16H14FNO3S. The number of para-hydroxylation sites is 1. The maximum Gasteiger partial charge on any atom is 0.241 e. The lowest BCUT2D eigenvalue weighted by Gasteiger charge is -2.12. The van der Waals surface area contributed by atoms with Crippen molar-refractivity contribution in [2.45, 2.75) is 17.9 Å². The molecule has 0 saturated heterocycles. The van der Waals surface area contributed by atoms with Crippen LogP contribution in [-0.2, 0) is 10.0 Å². The third-order valence-corrected chi connectivity index (χ3v) is 4.88. The monoisotopic (exact) mass is 319 g/mol. The van der Waals surface area contributed by atoms with Crippen molar-refractivity contribution >= 4 is 21.0 Å². The number of benzene rings is 2. The Morgan fingerprint density at radius 3 is 2.45 bits per heavy atom. The average molecular weight is 319 g/mol. The third-order valence-electron chi connectivity index (χ3n) is 3.33. The minimum absolute atomic E-state index is 0.0110. The summed E-state index contributed by atoms with van der Waals surface area (Å²) in [5.74, 6) is 0.0381. The number of rotatable bonds is 4. The molecule has 0 radical (unpaired) electrons. The SMILES string of the molecule is C[C@@H](NS(=O)(=O)c1ccc(F)cc1)c1cc2ccccc2o1. The van der Waals surface area contributed by atoms with E-state index in [2.05, 4.69) is 4.72 Å². The predicted molar refractivity (Wildman–Crippen MR) is 81.4 cm³/mol. The molecule has 0 aliphatic carbocycles. The average Bonchev–Trinajstić information content (AvgIpc) is 2.91. The molecule has 0 aliphatic rings. The van der Waals surface area contributed by atoms with E-state index in [4.69, 9.17) is 4.42 Å². The minimum atomic E-state index is -3.74. The van der Waals surface area contributed by atoms with Crippen molar-refractivity contribution in [3.05, 3.63) is 66.2 Å². The van der Waals surface area contributed by atoms with Crippen LogP contribution in [-0.4, -0.2) is 8.42 Å². The fourth-order valence-electron chi connectivity index (χ4n) is 2.19. The van der Waals surface area contributed by atoms with Crippen molar-refractivity contribution in [1.82, 2.24) is 4.72 Å². The molecule has 1 atom stereocenters. The van der Waals surface area contributed by atoms with Gasteiger partial charge in [0.1, 0.15) is 17.2 Å². The van der Waals surface area contributed by atoms with Crippen LogP contribution in [0.5, 0.6) is 0 Å². The predicted octanol–water partition coefficient (Wildman–Crippen LogP) is 3.61. The van der Waals surface area contributed by atoms with E-state index < -0.39 is 21.9 Å². The number of sulfonamides is 1. The normalized spacial score (nSPS) is 13.4. The number of hydrogen-bond donors (Lipinski definition) is 1. The van der Waals surface area contributed by atoms with Gasteiger partial charge in [-0.1, -0.05) is 18.2 Å². The molecular weight excluding hydrogens is 305 g/mol. The van der Waals surface area contributed by atoms with Crippen molar-refractivity contribution in [1.29, 1.82) is 0 Å². The largest absolute Gasteiger partial charge is 0.459 e. The summed E-state index contributed by atoms with van der Waals surface area (Å²) < 4.78 is 45.6. The molecule has 114 valence electrons. The second-order valence-corrected chi connectivity index (χ2v) is 6.70. The zero-order valence-electron chi connectivity index (χ0n) is 11.8. The fourth-order valence-corrected chi connectivity index (χ4v) is 3.40. The first kappa shape index (κ1) is 14.7. The van der Waals surface area contributed by atoms with Gasteiger partial charge in [-0.2, -0.15) is 0 Å². The molecule has 1 aromatic heterocycles. The Labute approximate surface area is 127 Å². The van der Waals surface area contributed by atoms with Crippen molar-refractivity contribution in [3.63, 3.8) is 0 Å². The molecule has 0 amide bonds. The minimum Gasteiger partial charge on any atom is -0.459 e. The van der Waals surface area contributed by atoms with Crippen LogP contribution >= 0.6 is 0 Å². The fraction of sp³-hybridized carbons (Fsp3) is 0.125. The van der Waals surface area contributed by atoms with Gasteiger partial charge in [-0.15, -0.1) is 0 Å². The topological polar surface area (TPSA) is 59.3 Å². The number of fused-ring (bicyclic) bond motifs is 1. The highest BCUT2D eigenvalue weighted by molar-refractivity contribution is 7.89. The van der Waals surface area contributed by atoms with E-state index in [1.54, 1.807) is 13.0 Å². The Morgan fingerprint density at radius 1 is 1.09 bits per heavy atom. The maximum atomic E-state index is 12.9. The first-order valence-corrected chi connectivity index (χ1v) is 8.20. The molecule has 3 rings (SSSR count). The highest BCUT2D eigenvalue weighted by Gasteiger charge is 2.20. The van der Waals surface area contributed by atoms with Gasteiger partial charge >= 0.3 is 0 Å². The van der Waals surface area contributed by atoms with E-state index in [9.17, 15) is 12.8 Å². The van der Waals surface area contributed by atoms with E-state index in [0.717, 1.165) is 17.5 Å². The molecule has 0 bridgehead atoms. The molecule has 2 aromatic carbocycles. The van der Waals surface area contributed by atoms with Crippen molar-refractivity contribution in [3.8, 4) is 0 Å². The number of halogens is 1. The van der Waals surface area contributed by atoms with Crippen LogP contribution in [0.25, 0.3) is 11.0 Å². The van der Waals surface area contributed by atoms with Crippen LogP contribution in [0.15, 0.2) is 63.9 Å². The summed E-state index contributed by atoms with van der Waals surface area (Å²) >= 11 is 0. The Bertz CT molecular complexity index is 868. The van der Waals surface area contributed by atoms with Crippen molar-refractivity contribution < 1.29 is 17.2 Å². The number of nitrogens with one attached hydrogen (secondary N) is 1. The number of furan rings is 1. The van der Waals surface area contributed by atoms with Gasteiger partial charge in [0.15, 0.2) is 0 Å². The van der Waals surface area contributed by atoms with Gasteiger partial charge in [0.2, 0.25) is 10.0 Å². The second-order valence-electron chi connectivity index (χ2n) is 4.98. The van der Waals surface area contributed by atoms with Crippen LogP contribution in [0, 0.1) is 5.82 Å². The lowest BCUT2D eigenvalue weighted by Crippen LogP contribution is -2.26. The smallest absolute Gasteiger partial charge is 0.241 e. The zero-order chi connectivity index (χ0) is 15.7. The summed E-state index contributed by atoms with van der Waals surface area (Å²) in [6.45, 7) is 1.69. The van der Waals surface area contributed by atoms with Crippen LogP contribution in [0.1, 0.15) is 18.7 Å². The molecule has 0 saturated carbocycles. The van der Waals surface area contributed by atoms with Crippen molar-refractivity contribution in [2.24, 2.45) is 0 Å². The lowest BCUT2D eigenvalue weighted by molar-refractivity contribution is 0.484. The molecule has 4 nitrogen and oxygen atoms in total. The Morgan fingerprint density at radius 2 is 1.77 bits per heavy atom. The van der Waals surface area contributed by atoms with Gasteiger partial charge < -0.3 is 4.42 Å². The summed E-state index contributed by atoms with van der Waals surface area (Å²) in [4.78, 5) is 0.0110. The second kappa shape index (κ2) is 5.55. The highest BCUT2D eigenvalue weighted by Crippen LogP contribution is 2.24. The first-order valence-electron chi connectivity index (χ1n) is 6.72. The molecule has 1 N–H and O–H groups in total. The Kier molecular flexibility index (Phi) is 3.72. The summed E-state index contributed by atoms with van der Waals surface area (Å²) in [5.41, 5.74) is 0.699. The third kappa shape index (κ3) is 2.88. The van der Waals surface area contributed by atoms with E-state index in [1.165, 1.54) is 12.1 Å². The molecule has 0 spiro atoms. The van der Waals surface area contributed by atoms with Gasteiger partial charge in [0, 0.05) is 5.39 Å². The van der Waals surface area contributed by atoms with Crippen LogP contribution in [0.2, 0.25) is 0 Å². The summed E-state index contributed by atoms with van der Waals surface area (Å²) in [6.07, 6.45) is 0. The van der Waals surface area contributed by atoms with Gasteiger partial charge in [-0.3, -0.25) is 0 Å². The first-order chi connectivity index (χ1) is 10.5. The summed E-state index contributed by atoms with van der Waals surface area (Å²) in [5, 5.41) is 0.908. The molecule has 22 heavy (non-hydrogen) atoms. The van der Waals surface area contributed by atoms with Gasteiger partial charge in [0.25, 0.3) is 0 Å². The van der Waals surface area contributed by atoms with E-state index >= 15 is 0 Å². The standard InChI is InChI=1S/C16H14FNO3S/c1-11(16-10-12-4-2-3-5-15(12)21-16)18-22(19,20)14-8-6-13(17)7-9-14/h2-11,18H,1H3/t11-/m1/s1. The summed E-state index contributed by atoms with van der Waals surface area (Å²) in [6, 6.07) is 13.4. The van der Waals surface area contributed by atoms with Gasteiger partial charge in [0.05, 0.1) is 10.9 Å². The van der Waals surface area contributed by atoms with E-state index in [-0.39, 0.29) is 4.90 Å². The molecule has 3 aromatic rings. The maximum absolute atomic E-state index is 12.9. The molecule has 6 heteroatoms. The van der Waals surface area contributed by atoms with Crippen LogP contribution in [0.4, 0.5) is 4.39 Å². The van der Waals surface area contributed by atoms with Gasteiger partial charge in [-0.05, 0) is 43.3 Å². The molecule has 0 aliphatic heterocycles. The van der Waals surface area contributed by atoms with E-state index in [0.29, 0.717) is 11.3 Å². The highest BCUT2D eigenvalue weighted by atomic mass is 32.2. The molecule has 0 unspecified atom stereocenters. The van der Waals surface area contributed by atoms with Gasteiger partial charge in [-0.25, -0.2) is 17.5 Å². The van der Waals surface area contributed by atoms with Crippen LogP contribution < -0.4 is 4.72 Å². The Hall–Kier alpha value is -2.18. The zero-order valence-corrected chi connectivity index (χ0v) is 12.6. The quantitative estimate of drug-likeness (QED) is 0.799. The van der Waals surface area contributed by atoms with Crippen molar-refractivity contribution in [2.75, 3.05) is 0 Å². The Balaban J connectivity index is 1.86. The molecule has 1 heterocycles. The van der Waals surface area contributed by atoms with Crippen LogP contribution in [0.3, 0.4) is 0 Å². The number of hydrogen-bond acceptors (Lipinski definition) is 3. The van der Waals surface area contributed by atoms with E-state index in [1.807, 2.05) is 24.3 Å².